The molecule has 0 aromatic heterocycles. The van der Waals surface area contributed by atoms with Crippen LogP contribution < -0.4 is 0 Å². The first-order valence-electron chi connectivity index (χ1n) is 4.06. The second-order valence-electron chi connectivity index (χ2n) is 2.27. The van der Waals surface area contributed by atoms with Crippen molar-refractivity contribution in [3.8, 4) is 0 Å². The van der Waals surface area contributed by atoms with E-state index >= 15 is 0 Å². The maximum absolute atomic E-state index is 4.15. The first kappa shape index (κ1) is 9.41. The molecule has 1 heteroatoms. The first-order chi connectivity index (χ1) is 4.91. The fourth-order valence-electron chi connectivity index (χ4n) is 0.588. The molecule has 0 aromatic rings. The quantitative estimate of drug-likeness (QED) is 0.519. The summed E-state index contributed by atoms with van der Waals surface area (Å²) in [5, 5.41) is 0. The molecule has 0 aliphatic heterocycles. The normalized spacial score (nSPS) is 11.8. The van der Waals surface area contributed by atoms with Gasteiger partial charge in [-0.15, -0.1) is 0 Å². The lowest BCUT2D eigenvalue weighted by atomic mass is 10.3. The second-order valence-corrected chi connectivity index (χ2v) is 2.27. The van der Waals surface area contributed by atoms with Crippen LogP contribution in [-0.4, -0.2) is 12.8 Å². The molecule has 0 saturated heterocycles. The summed E-state index contributed by atoms with van der Waals surface area (Å²) >= 11 is 0. The Bertz CT molecular complexity index is 89.3. The van der Waals surface area contributed by atoms with Gasteiger partial charge in [0.05, 0.1) is 0 Å². The summed E-state index contributed by atoms with van der Waals surface area (Å²) in [4.78, 5) is 4.15. The minimum atomic E-state index is 0.955. The Morgan fingerprint density at radius 1 is 1.20 bits per heavy atom. The zero-order valence-electron chi connectivity index (χ0n) is 7.01. The van der Waals surface area contributed by atoms with Crippen LogP contribution in [0.15, 0.2) is 17.1 Å². The molecule has 0 aliphatic rings. The Balaban J connectivity index is 3.15. The molecule has 0 unspecified atom stereocenters. The molecule has 0 aliphatic carbocycles. The van der Waals surface area contributed by atoms with E-state index < -0.39 is 0 Å². The van der Waals surface area contributed by atoms with Gasteiger partial charge >= 0.3 is 0 Å². The van der Waals surface area contributed by atoms with Gasteiger partial charge in [0.2, 0.25) is 0 Å². The number of nitrogens with zero attached hydrogens (tertiary/aromatic N) is 1. The molecular formula is C9H17N. The number of unbranched alkanes of at least 4 members (excludes halogenated alkanes) is 1. The fourth-order valence-corrected chi connectivity index (χ4v) is 0.588. The summed E-state index contributed by atoms with van der Waals surface area (Å²) in [6, 6.07) is 0. The Labute approximate surface area is 63.9 Å². The van der Waals surface area contributed by atoms with Crippen molar-refractivity contribution in [3.05, 3.63) is 12.2 Å². The average molecular weight is 139 g/mol. The Hall–Kier alpha value is -0.590. The van der Waals surface area contributed by atoms with Gasteiger partial charge in [0, 0.05) is 12.8 Å². The van der Waals surface area contributed by atoms with Crippen LogP contribution >= 0.6 is 0 Å². The third-order valence-electron chi connectivity index (χ3n) is 1.14. The van der Waals surface area contributed by atoms with Crippen LogP contribution in [-0.2, 0) is 0 Å². The van der Waals surface area contributed by atoms with Gasteiger partial charge in [0.15, 0.2) is 0 Å². The van der Waals surface area contributed by atoms with Crippen LogP contribution in [0.25, 0.3) is 0 Å². The van der Waals surface area contributed by atoms with Crippen molar-refractivity contribution in [1.82, 2.24) is 0 Å². The van der Waals surface area contributed by atoms with E-state index in [9.17, 15) is 0 Å². The van der Waals surface area contributed by atoms with Crippen LogP contribution in [0.5, 0.6) is 0 Å². The molecule has 58 valence electrons. The predicted octanol–water partition coefficient (Wildman–Crippen LogP) is 2.82. The molecule has 0 radical (unpaired) electrons. The molecule has 10 heavy (non-hydrogen) atoms. The maximum atomic E-state index is 4.15. The molecule has 0 aromatic carbocycles. The van der Waals surface area contributed by atoms with Crippen molar-refractivity contribution in [2.75, 3.05) is 6.54 Å². The van der Waals surface area contributed by atoms with E-state index in [-0.39, 0.29) is 0 Å². The summed E-state index contributed by atoms with van der Waals surface area (Å²) in [5.41, 5.74) is 0. The number of hydrogen-bond donors (Lipinski definition) is 0. The van der Waals surface area contributed by atoms with E-state index in [4.69, 9.17) is 0 Å². The summed E-state index contributed by atoms with van der Waals surface area (Å²) in [7, 11) is 0. The smallest absolute Gasteiger partial charge is 0.0386 e. The third-order valence-corrected chi connectivity index (χ3v) is 1.14. The Kier molecular flexibility index (Phi) is 7.91. The highest BCUT2D eigenvalue weighted by Gasteiger charge is 1.71. The molecule has 0 heterocycles. The van der Waals surface area contributed by atoms with Gasteiger partial charge in [-0.3, -0.25) is 4.99 Å². The van der Waals surface area contributed by atoms with Gasteiger partial charge in [0.1, 0.15) is 0 Å². The third kappa shape index (κ3) is 7.41. The summed E-state index contributed by atoms with van der Waals surface area (Å²) in [6.45, 7) is 5.26. The molecular weight excluding hydrogens is 122 g/mol. The van der Waals surface area contributed by atoms with Crippen LogP contribution in [0.1, 0.15) is 33.1 Å². The van der Waals surface area contributed by atoms with Gasteiger partial charge < -0.3 is 0 Å². The Morgan fingerprint density at radius 2 is 2.00 bits per heavy atom. The lowest BCUT2D eigenvalue weighted by Gasteiger charge is -1.82. The number of hydrogen-bond acceptors (Lipinski definition) is 1. The van der Waals surface area contributed by atoms with E-state index in [2.05, 4.69) is 24.9 Å². The largest absolute Gasteiger partial charge is 0.293 e. The molecule has 0 atom stereocenters. The predicted molar refractivity (Wildman–Crippen MR) is 47.7 cm³/mol. The maximum Gasteiger partial charge on any atom is 0.0386 e. The standard InChI is InChI=1S/C9H17N/c1-3-5-6-7-9-10-8-4-2/h6-7,9H,3-5,8H2,1-2H3. The van der Waals surface area contributed by atoms with Crippen LogP contribution in [0.4, 0.5) is 0 Å². The van der Waals surface area contributed by atoms with Gasteiger partial charge in [-0.1, -0.05) is 26.3 Å². The van der Waals surface area contributed by atoms with Crippen molar-refractivity contribution in [2.24, 2.45) is 4.99 Å². The van der Waals surface area contributed by atoms with Crippen LogP contribution in [0.2, 0.25) is 0 Å². The first-order valence-corrected chi connectivity index (χ1v) is 4.06. The molecule has 0 spiro atoms. The molecule has 0 saturated carbocycles. The second kappa shape index (κ2) is 8.41. The fraction of sp³-hybridized carbons (Fsp3) is 0.667. The number of allylic oxidation sites excluding steroid dienone is 2. The SMILES string of the molecule is CCCC=CC=NCCC. The van der Waals surface area contributed by atoms with Gasteiger partial charge in [-0.2, -0.15) is 0 Å². The van der Waals surface area contributed by atoms with E-state index in [1.54, 1.807) is 0 Å². The molecule has 0 fully saturated rings. The highest BCUT2D eigenvalue weighted by atomic mass is 14.7. The molecule has 0 N–H and O–H groups in total. The highest BCUT2D eigenvalue weighted by Crippen LogP contribution is 1.86. The minimum Gasteiger partial charge on any atom is -0.293 e. The van der Waals surface area contributed by atoms with Crippen molar-refractivity contribution >= 4 is 6.21 Å². The van der Waals surface area contributed by atoms with Crippen LogP contribution in [0, 0.1) is 0 Å². The summed E-state index contributed by atoms with van der Waals surface area (Å²) < 4.78 is 0. The van der Waals surface area contributed by atoms with Gasteiger partial charge in [-0.05, 0) is 18.9 Å². The summed E-state index contributed by atoms with van der Waals surface area (Å²) in [6.07, 6.45) is 9.59. The van der Waals surface area contributed by atoms with Gasteiger partial charge in [-0.25, -0.2) is 0 Å². The van der Waals surface area contributed by atoms with Crippen molar-refractivity contribution in [3.63, 3.8) is 0 Å². The molecule has 0 bridgehead atoms. The van der Waals surface area contributed by atoms with E-state index in [0.717, 1.165) is 19.4 Å². The number of rotatable bonds is 5. The average Bonchev–Trinajstić information content (AvgIpc) is 1.97. The van der Waals surface area contributed by atoms with E-state index in [1.165, 1.54) is 6.42 Å². The lowest BCUT2D eigenvalue weighted by Crippen LogP contribution is -1.74. The highest BCUT2D eigenvalue weighted by molar-refractivity contribution is 5.70. The zero-order valence-corrected chi connectivity index (χ0v) is 7.01. The van der Waals surface area contributed by atoms with Crippen molar-refractivity contribution in [1.29, 1.82) is 0 Å². The zero-order chi connectivity index (χ0) is 7.66. The van der Waals surface area contributed by atoms with E-state index in [1.807, 2.05) is 12.3 Å². The topological polar surface area (TPSA) is 12.4 Å². The lowest BCUT2D eigenvalue weighted by molar-refractivity contribution is 0.936. The minimum absolute atomic E-state index is 0.955. The monoisotopic (exact) mass is 139 g/mol. The van der Waals surface area contributed by atoms with Crippen molar-refractivity contribution < 1.29 is 0 Å². The van der Waals surface area contributed by atoms with E-state index in [0.29, 0.717) is 0 Å². The summed E-state index contributed by atoms with van der Waals surface area (Å²) in [5.74, 6) is 0. The van der Waals surface area contributed by atoms with Crippen molar-refractivity contribution in [2.45, 2.75) is 33.1 Å². The number of aliphatic imine (C=N–C) groups is 1. The Morgan fingerprint density at radius 3 is 2.60 bits per heavy atom. The molecule has 1 nitrogen and oxygen atoms in total. The molecule has 0 rings (SSSR count). The van der Waals surface area contributed by atoms with Crippen LogP contribution in [0.3, 0.4) is 0 Å². The molecule has 0 amide bonds. The van der Waals surface area contributed by atoms with Gasteiger partial charge in [0.25, 0.3) is 0 Å².